The quantitative estimate of drug-likeness (QED) is 0.923. The third-order valence-electron chi connectivity index (χ3n) is 4.54. The van der Waals surface area contributed by atoms with Gasteiger partial charge in [-0.15, -0.1) is 0 Å². The molecular formula is C14H18FNO2S. The van der Waals surface area contributed by atoms with E-state index >= 15 is 0 Å². The van der Waals surface area contributed by atoms with Crippen LogP contribution in [-0.4, -0.2) is 15.0 Å². The van der Waals surface area contributed by atoms with E-state index in [1.54, 1.807) is 0 Å². The maximum Gasteiger partial charge on any atom is 0.240 e. The van der Waals surface area contributed by atoms with Crippen LogP contribution < -0.4 is 4.72 Å². The fraction of sp³-hybridized carbons (Fsp3) is 0.571. The van der Waals surface area contributed by atoms with Crippen LogP contribution in [0.5, 0.6) is 0 Å². The van der Waals surface area contributed by atoms with E-state index in [0.717, 1.165) is 12.3 Å². The Morgan fingerprint density at radius 1 is 1.16 bits per heavy atom. The molecule has 1 aromatic rings. The number of rotatable bonds is 4. The molecule has 3 atom stereocenters. The van der Waals surface area contributed by atoms with Crippen LogP contribution in [0.1, 0.15) is 25.7 Å². The second-order valence-electron chi connectivity index (χ2n) is 5.74. The molecule has 0 radical (unpaired) electrons. The minimum absolute atomic E-state index is 0.136. The zero-order valence-electron chi connectivity index (χ0n) is 10.7. The number of halogens is 1. The van der Waals surface area contributed by atoms with Crippen LogP contribution in [0.25, 0.3) is 0 Å². The van der Waals surface area contributed by atoms with Gasteiger partial charge in [-0.3, -0.25) is 0 Å². The van der Waals surface area contributed by atoms with Gasteiger partial charge in [0.2, 0.25) is 10.0 Å². The summed E-state index contributed by atoms with van der Waals surface area (Å²) in [6.45, 7) is 0.515. The van der Waals surface area contributed by atoms with Crippen molar-refractivity contribution in [3.05, 3.63) is 30.1 Å². The second-order valence-corrected chi connectivity index (χ2v) is 7.51. The van der Waals surface area contributed by atoms with Gasteiger partial charge in [0, 0.05) is 6.54 Å². The van der Waals surface area contributed by atoms with E-state index in [-0.39, 0.29) is 4.90 Å². The van der Waals surface area contributed by atoms with Crippen molar-refractivity contribution in [1.82, 2.24) is 4.72 Å². The molecule has 3 unspecified atom stereocenters. The number of sulfonamides is 1. The SMILES string of the molecule is O=S(=O)(NCC1CC2CCC1C2)c1ccc(F)cc1. The molecule has 0 heterocycles. The Bertz CT molecular complexity index is 555. The highest BCUT2D eigenvalue weighted by Gasteiger charge is 2.39. The molecule has 3 rings (SSSR count). The highest BCUT2D eigenvalue weighted by atomic mass is 32.2. The van der Waals surface area contributed by atoms with Crippen molar-refractivity contribution < 1.29 is 12.8 Å². The fourth-order valence-electron chi connectivity index (χ4n) is 3.54. The van der Waals surface area contributed by atoms with Gasteiger partial charge in [-0.2, -0.15) is 0 Å². The minimum atomic E-state index is -3.50. The van der Waals surface area contributed by atoms with Crippen LogP contribution >= 0.6 is 0 Å². The zero-order chi connectivity index (χ0) is 13.5. The van der Waals surface area contributed by atoms with Crippen LogP contribution in [0.2, 0.25) is 0 Å². The van der Waals surface area contributed by atoms with Crippen molar-refractivity contribution in [3.8, 4) is 0 Å². The zero-order valence-corrected chi connectivity index (χ0v) is 11.5. The average molecular weight is 283 g/mol. The third-order valence-corrected chi connectivity index (χ3v) is 5.98. The van der Waals surface area contributed by atoms with Crippen LogP contribution in [-0.2, 0) is 10.0 Å². The molecule has 2 fully saturated rings. The normalized spacial score (nSPS) is 29.8. The first-order valence-corrected chi connectivity index (χ1v) is 8.28. The molecule has 0 amide bonds. The smallest absolute Gasteiger partial charge is 0.211 e. The molecule has 0 aliphatic heterocycles. The number of nitrogens with one attached hydrogen (secondary N) is 1. The van der Waals surface area contributed by atoms with Crippen LogP contribution in [0.15, 0.2) is 29.2 Å². The van der Waals surface area contributed by atoms with Crippen molar-refractivity contribution in [2.75, 3.05) is 6.54 Å². The fourth-order valence-corrected chi connectivity index (χ4v) is 4.63. The molecule has 2 aliphatic rings. The summed E-state index contributed by atoms with van der Waals surface area (Å²) in [7, 11) is -3.50. The molecule has 1 N–H and O–H groups in total. The van der Waals surface area contributed by atoms with Gasteiger partial charge in [-0.25, -0.2) is 17.5 Å². The molecular weight excluding hydrogens is 265 g/mol. The lowest BCUT2D eigenvalue weighted by Crippen LogP contribution is -2.31. The molecule has 5 heteroatoms. The molecule has 104 valence electrons. The van der Waals surface area contributed by atoms with E-state index < -0.39 is 15.8 Å². The molecule has 1 aromatic carbocycles. The average Bonchev–Trinajstić information content (AvgIpc) is 2.99. The maximum atomic E-state index is 12.8. The Morgan fingerprint density at radius 3 is 2.47 bits per heavy atom. The van der Waals surface area contributed by atoms with E-state index in [1.165, 1.54) is 43.5 Å². The van der Waals surface area contributed by atoms with E-state index in [9.17, 15) is 12.8 Å². The number of fused-ring (bicyclic) bond motifs is 2. The van der Waals surface area contributed by atoms with Crippen LogP contribution in [0.4, 0.5) is 4.39 Å². The van der Waals surface area contributed by atoms with Crippen molar-refractivity contribution in [2.45, 2.75) is 30.6 Å². The van der Waals surface area contributed by atoms with Crippen molar-refractivity contribution in [2.24, 2.45) is 17.8 Å². The van der Waals surface area contributed by atoms with Gasteiger partial charge < -0.3 is 0 Å². The molecule has 2 bridgehead atoms. The van der Waals surface area contributed by atoms with Gasteiger partial charge in [0.25, 0.3) is 0 Å². The monoisotopic (exact) mass is 283 g/mol. The molecule has 2 aliphatic carbocycles. The largest absolute Gasteiger partial charge is 0.240 e. The first-order valence-electron chi connectivity index (χ1n) is 6.80. The van der Waals surface area contributed by atoms with Gasteiger partial charge in [-0.1, -0.05) is 6.42 Å². The first kappa shape index (κ1) is 13.1. The summed E-state index contributed by atoms with van der Waals surface area (Å²) in [6, 6.07) is 4.95. The summed E-state index contributed by atoms with van der Waals surface area (Å²) in [6.07, 6.45) is 4.97. The highest BCUT2D eigenvalue weighted by molar-refractivity contribution is 7.89. The summed E-state index contributed by atoms with van der Waals surface area (Å²) in [5, 5.41) is 0. The van der Waals surface area contributed by atoms with E-state index in [0.29, 0.717) is 18.4 Å². The Balaban J connectivity index is 1.64. The van der Waals surface area contributed by atoms with Gasteiger partial charge in [0.15, 0.2) is 0 Å². The molecule has 0 aromatic heterocycles. The van der Waals surface area contributed by atoms with E-state index in [4.69, 9.17) is 0 Å². The van der Waals surface area contributed by atoms with E-state index in [2.05, 4.69) is 4.72 Å². The lowest BCUT2D eigenvalue weighted by atomic mass is 9.89. The molecule has 19 heavy (non-hydrogen) atoms. The predicted octanol–water partition coefficient (Wildman–Crippen LogP) is 2.54. The van der Waals surface area contributed by atoms with Gasteiger partial charge in [0.05, 0.1) is 4.90 Å². The van der Waals surface area contributed by atoms with Crippen LogP contribution in [0, 0.1) is 23.6 Å². The lowest BCUT2D eigenvalue weighted by molar-refractivity contribution is 0.333. The Morgan fingerprint density at radius 2 is 1.89 bits per heavy atom. The highest BCUT2D eigenvalue weighted by Crippen LogP contribution is 2.48. The minimum Gasteiger partial charge on any atom is -0.211 e. The summed E-state index contributed by atoms with van der Waals surface area (Å²) in [5.74, 6) is 1.56. The lowest BCUT2D eigenvalue weighted by Gasteiger charge is -2.21. The van der Waals surface area contributed by atoms with Crippen molar-refractivity contribution in [3.63, 3.8) is 0 Å². The van der Waals surface area contributed by atoms with E-state index in [1.807, 2.05) is 0 Å². The Labute approximate surface area is 113 Å². The van der Waals surface area contributed by atoms with Gasteiger partial charge in [-0.05, 0) is 61.3 Å². The first-order chi connectivity index (χ1) is 9.04. The number of hydrogen-bond acceptors (Lipinski definition) is 2. The molecule has 2 saturated carbocycles. The molecule has 0 saturated heterocycles. The standard InChI is InChI=1S/C14H18FNO2S/c15-13-3-5-14(6-4-13)19(17,18)16-9-12-8-10-1-2-11(12)7-10/h3-6,10-12,16H,1-2,7-9H2. The third kappa shape index (κ3) is 2.67. The van der Waals surface area contributed by atoms with Gasteiger partial charge in [0.1, 0.15) is 5.82 Å². The summed E-state index contributed by atoms with van der Waals surface area (Å²) in [4.78, 5) is 0.136. The second kappa shape index (κ2) is 4.87. The maximum absolute atomic E-state index is 12.8. The van der Waals surface area contributed by atoms with Crippen LogP contribution in [0.3, 0.4) is 0 Å². The Kier molecular flexibility index (Phi) is 3.35. The summed E-state index contributed by atoms with van der Waals surface area (Å²) < 4.78 is 39.6. The van der Waals surface area contributed by atoms with Crippen molar-refractivity contribution >= 4 is 10.0 Å². The summed E-state index contributed by atoms with van der Waals surface area (Å²) >= 11 is 0. The molecule has 3 nitrogen and oxygen atoms in total. The predicted molar refractivity (Wildman–Crippen MR) is 70.5 cm³/mol. The number of benzene rings is 1. The topological polar surface area (TPSA) is 46.2 Å². The van der Waals surface area contributed by atoms with Gasteiger partial charge >= 0.3 is 0 Å². The summed E-state index contributed by atoms with van der Waals surface area (Å²) in [5.41, 5.74) is 0. The van der Waals surface area contributed by atoms with Crippen molar-refractivity contribution in [1.29, 1.82) is 0 Å². The molecule has 0 spiro atoms. The number of hydrogen-bond donors (Lipinski definition) is 1. The Hall–Kier alpha value is -0.940.